The smallest absolute Gasteiger partial charge is 0.118 e. The van der Waals surface area contributed by atoms with E-state index in [2.05, 4.69) is 18.2 Å². The minimum Gasteiger partial charge on any atom is -0.497 e. The molecule has 0 unspecified atom stereocenters. The lowest BCUT2D eigenvalue weighted by Gasteiger charge is -2.00. The van der Waals surface area contributed by atoms with E-state index < -0.39 is 0 Å². The Hall–Kier alpha value is -1.24. The SMILES string of the molecule is COc1ccc(C=C2CCCC2)cc1. The molecule has 0 bridgehead atoms. The summed E-state index contributed by atoms with van der Waals surface area (Å²) in [5, 5.41) is 0. The molecule has 1 aliphatic carbocycles. The van der Waals surface area contributed by atoms with E-state index in [-0.39, 0.29) is 0 Å². The molecule has 0 saturated heterocycles. The normalized spacial score (nSPS) is 15.6. The Bertz CT molecular complexity index is 314. The fourth-order valence-electron chi connectivity index (χ4n) is 1.91. The van der Waals surface area contributed by atoms with Gasteiger partial charge in [0.15, 0.2) is 0 Å². The number of hydrogen-bond acceptors (Lipinski definition) is 1. The Kier molecular flexibility index (Phi) is 2.87. The van der Waals surface area contributed by atoms with Gasteiger partial charge in [0.25, 0.3) is 0 Å². The molecule has 0 spiro atoms. The van der Waals surface area contributed by atoms with Crippen LogP contribution < -0.4 is 4.74 Å². The number of ether oxygens (including phenoxy) is 1. The standard InChI is InChI=1S/C13H16O/c1-14-13-8-6-12(7-9-13)10-11-4-2-3-5-11/h6-10H,2-5H2,1H3. The van der Waals surface area contributed by atoms with Crippen LogP contribution in [0.4, 0.5) is 0 Å². The average molecular weight is 188 g/mol. The van der Waals surface area contributed by atoms with Crippen LogP contribution in [0.5, 0.6) is 5.75 Å². The first kappa shape index (κ1) is 9.32. The number of methoxy groups -OCH3 is 1. The molecule has 1 heteroatoms. The van der Waals surface area contributed by atoms with E-state index in [1.54, 1.807) is 12.7 Å². The zero-order valence-corrected chi connectivity index (χ0v) is 8.62. The largest absolute Gasteiger partial charge is 0.497 e. The predicted molar refractivity (Wildman–Crippen MR) is 59.4 cm³/mol. The summed E-state index contributed by atoms with van der Waals surface area (Å²) in [6.07, 6.45) is 7.61. The molecule has 0 amide bonds. The molecule has 1 fully saturated rings. The van der Waals surface area contributed by atoms with Crippen molar-refractivity contribution in [2.75, 3.05) is 7.11 Å². The van der Waals surface area contributed by atoms with Gasteiger partial charge in [-0.1, -0.05) is 23.8 Å². The van der Waals surface area contributed by atoms with Gasteiger partial charge in [0.1, 0.15) is 5.75 Å². The number of benzene rings is 1. The van der Waals surface area contributed by atoms with Crippen LogP contribution in [0.15, 0.2) is 29.8 Å². The second-order valence-electron chi connectivity index (χ2n) is 3.78. The van der Waals surface area contributed by atoms with E-state index in [1.807, 2.05) is 12.1 Å². The highest BCUT2D eigenvalue weighted by atomic mass is 16.5. The highest BCUT2D eigenvalue weighted by molar-refractivity contribution is 5.54. The molecule has 2 rings (SSSR count). The van der Waals surface area contributed by atoms with Crippen molar-refractivity contribution in [1.29, 1.82) is 0 Å². The van der Waals surface area contributed by atoms with Crippen molar-refractivity contribution in [1.82, 2.24) is 0 Å². The molecule has 74 valence electrons. The molecule has 14 heavy (non-hydrogen) atoms. The van der Waals surface area contributed by atoms with Gasteiger partial charge >= 0.3 is 0 Å². The molecule has 0 N–H and O–H groups in total. The maximum atomic E-state index is 5.12. The van der Waals surface area contributed by atoms with Crippen molar-refractivity contribution in [3.05, 3.63) is 35.4 Å². The molecule has 0 heterocycles. The zero-order valence-electron chi connectivity index (χ0n) is 8.62. The van der Waals surface area contributed by atoms with Gasteiger partial charge in [-0.2, -0.15) is 0 Å². The summed E-state index contributed by atoms with van der Waals surface area (Å²) < 4.78 is 5.12. The lowest BCUT2D eigenvalue weighted by Crippen LogP contribution is -1.82. The Labute approximate surface area is 85.4 Å². The van der Waals surface area contributed by atoms with E-state index in [0.717, 1.165) is 5.75 Å². The first-order chi connectivity index (χ1) is 6.88. The molecule has 0 aromatic heterocycles. The molecular weight excluding hydrogens is 172 g/mol. The lowest BCUT2D eigenvalue weighted by atomic mass is 10.1. The Morgan fingerprint density at radius 3 is 2.29 bits per heavy atom. The Balaban J connectivity index is 2.12. The van der Waals surface area contributed by atoms with Gasteiger partial charge in [0.05, 0.1) is 7.11 Å². The van der Waals surface area contributed by atoms with Crippen molar-refractivity contribution < 1.29 is 4.74 Å². The van der Waals surface area contributed by atoms with Gasteiger partial charge < -0.3 is 4.74 Å². The monoisotopic (exact) mass is 188 g/mol. The van der Waals surface area contributed by atoms with Crippen LogP contribution in [0, 0.1) is 0 Å². The van der Waals surface area contributed by atoms with E-state index in [1.165, 1.54) is 31.2 Å². The van der Waals surface area contributed by atoms with Crippen LogP contribution in [-0.2, 0) is 0 Å². The van der Waals surface area contributed by atoms with Crippen molar-refractivity contribution in [3.8, 4) is 5.75 Å². The van der Waals surface area contributed by atoms with Crippen molar-refractivity contribution in [3.63, 3.8) is 0 Å². The fraction of sp³-hybridized carbons (Fsp3) is 0.385. The van der Waals surface area contributed by atoms with Crippen molar-refractivity contribution in [2.45, 2.75) is 25.7 Å². The van der Waals surface area contributed by atoms with E-state index >= 15 is 0 Å². The van der Waals surface area contributed by atoms with Crippen LogP contribution in [0.1, 0.15) is 31.2 Å². The number of hydrogen-bond donors (Lipinski definition) is 0. The minimum atomic E-state index is 0.929. The topological polar surface area (TPSA) is 9.23 Å². The molecule has 0 aliphatic heterocycles. The minimum absolute atomic E-state index is 0.929. The quantitative estimate of drug-likeness (QED) is 0.688. The van der Waals surface area contributed by atoms with Crippen LogP contribution in [0.3, 0.4) is 0 Å². The van der Waals surface area contributed by atoms with Crippen LogP contribution in [0.25, 0.3) is 6.08 Å². The summed E-state index contributed by atoms with van der Waals surface area (Å²) in [6.45, 7) is 0. The third kappa shape index (κ3) is 2.16. The maximum Gasteiger partial charge on any atom is 0.118 e. The summed E-state index contributed by atoms with van der Waals surface area (Å²) in [5.74, 6) is 0.929. The van der Waals surface area contributed by atoms with Gasteiger partial charge in [-0.15, -0.1) is 0 Å². The second-order valence-corrected chi connectivity index (χ2v) is 3.78. The molecule has 1 aliphatic rings. The molecule has 1 saturated carbocycles. The molecule has 0 atom stereocenters. The molecule has 0 radical (unpaired) electrons. The lowest BCUT2D eigenvalue weighted by molar-refractivity contribution is 0.415. The summed E-state index contributed by atoms with van der Waals surface area (Å²) in [6, 6.07) is 8.26. The third-order valence-electron chi connectivity index (χ3n) is 2.73. The number of allylic oxidation sites excluding steroid dienone is 1. The summed E-state index contributed by atoms with van der Waals surface area (Å²) in [5.41, 5.74) is 2.89. The van der Waals surface area contributed by atoms with E-state index in [4.69, 9.17) is 4.74 Å². The maximum absolute atomic E-state index is 5.12. The van der Waals surface area contributed by atoms with Gasteiger partial charge in [-0.25, -0.2) is 0 Å². The highest BCUT2D eigenvalue weighted by Gasteiger charge is 2.05. The Morgan fingerprint density at radius 1 is 1.07 bits per heavy atom. The van der Waals surface area contributed by atoms with Gasteiger partial charge in [-0.3, -0.25) is 0 Å². The molecular formula is C13H16O. The molecule has 1 nitrogen and oxygen atoms in total. The highest BCUT2D eigenvalue weighted by Crippen LogP contribution is 2.26. The van der Waals surface area contributed by atoms with Crippen LogP contribution in [0.2, 0.25) is 0 Å². The van der Waals surface area contributed by atoms with E-state index in [0.29, 0.717) is 0 Å². The first-order valence-electron chi connectivity index (χ1n) is 5.22. The summed E-state index contributed by atoms with van der Waals surface area (Å²) >= 11 is 0. The first-order valence-corrected chi connectivity index (χ1v) is 5.22. The molecule has 1 aromatic carbocycles. The summed E-state index contributed by atoms with van der Waals surface area (Å²) in [7, 11) is 1.70. The fourth-order valence-corrected chi connectivity index (χ4v) is 1.91. The van der Waals surface area contributed by atoms with Gasteiger partial charge in [-0.05, 0) is 43.4 Å². The van der Waals surface area contributed by atoms with Gasteiger partial charge in [0.2, 0.25) is 0 Å². The van der Waals surface area contributed by atoms with Crippen LogP contribution in [-0.4, -0.2) is 7.11 Å². The zero-order chi connectivity index (χ0) is 9.80. The van der Waals surface area contributed by atoms with Gasteiger partial charge in [0, 0.05) is 0 Å². The summed E-state index contributed by atoms with van der Waals surface area (Å²) in [4.78, 5) is 0. The third-order valence-corrected chi connectivity index (χ3v) is 2.73. The van der Waals surface area contributed by atoms with E-state index in [9.17, 15) is 0 Å². The second kappa shape index (κ2) is 4.32. The average Bonchev–Trinajstić information content (AvgIpc) is 2.72. The Morgan fingerprint density at radius 2 is 1.71 bits per heavy atom. The van der Waals surface area contributed by atoms with Crippen molar-refractivity contribution >= 4 is 6.08 Å². The molecule has 1 aromatic rings. The van der Waals surface area contributed by atoms with Crippen LogP contribution >= 0.6 is 0 Å². The van der Waals surface area contributed by atoms with Crippen molar-refractivity contribution in [2.24, 2.45) is 0 Å². The predicted octanol–water partition coefficient (Wildman–Crippen LogP) is 3.65. The number of rotatable bonds is 2.